The molecule has 0 aromatic carbocycles. The van der Waals surface area contributed by atoms with Crippen LogP contribution in [0.25, 0.3) is 0 Å². The van der Waals surface area contributed by atoms with E-state index in [-0.39, 0.29) is 10.8 Å². The first kappa shape index (κ1) is 14.3. The van der Waals surface area contributed by atoms with Gasteiger partial charge >= 0.3 is 0 Å². The van der Waals surface area contributed by atoms with E-state index in [2.05, 4.69) is 67.2 Å². The van der Waals surface area contributed by atoms with Crippen LogP contribution in [0.2, 0.25) is 0 Å². The van der Waals surface area contributed by atoms with Gasteiger partial charge in [0.25, 0.3) is 0 Å². The topological polar surface area (TPSA) is 41.0 Å². The molecule has 1 aliphatic rings. The second kappa shape index (κ2) is 5.08. The van der Waals surface area contributed by atoms with Gasteiger partial charge in [-0.3, -0.25) is 0 Å². The first-order chi connectivity index (χ1) is 8.78. The predicted octanol–water partition coefficient (Wildman–Crippen LogP) is 2.21. The van der Waals surface area contributed by atoms with Gasteiger partial charge in [0.05, 0.1) is 5.69 Å². The molecule has 1 aromatic heterocycles. The van der Waals surface area contributed by atoms with E-state index < -0.39 is 0 Å². The van der Waals surface area contributed by atoms with Gasteiger partial charge in [-0.1, -0.05) is 34.6 Å². The van der Waals surface area contributed by atoms with E-state index in [9.17, 15) is 0 Å². The van der Waals surface area contributed by atoms with Gasteiger partial charge in [0.15, 0.2) is 5.82 Å². The summed E-state index contributed by atoms with van der Waals surface area (Å²) >= 11 is 0. The largest absolute Gasteiger partial charge is 0.353 e. The highest BCUT2D eigenvalue weighted by Crippen LogP contribution is 2.24. The average molecular weight is 262 g/mol. The highest BCUT2D eigenvalue weighted by Gasteiger charge is 2.25. The fraction of sp³-hybridized carbons (Fsp3) is 0.733. The molecule has 0 aliphatic carbocycles. The van der Waals surface area contributed by atoms with Crippen LogP contribution >= 0.6 is 0 Å². The Balaban J connectivity index is 2.17. The molecule has 1 saturated heterocycles. The Kier molecular flexibility index (Phi) is 3.81. The minimum Gasteiger partial charge on any atom is -0.353 e. The van der Waals surface area contributed by atoms with Crippen molar-refractivity contribution in [3.05, 3.63) is 17.8 Å². The lowest BCUT2D eigenvalue weighted by Gasteiger charge is -2.29. The van der Waals surface area contributed by atoms with Gasteiger partial charge in [-0.05, 0) is 17.5 Å². The molecule has 0 spiro atoms. The molecule has 0 saturated carbocycles. The Morgan fingerprint density at radius 3 is 2.53 bits per heavy atom. The fourth-order valence-corrected chi connectivity index (χ4v) is 2.38. The third-order valence-corrected chi connectivity index (χ3v) is 3.52. The lowest BCUT2D eigenvalue weighted by molar-refractivity contribution is 0.369. The smallest absolute Gasteiger partial charge is 0.151 e. The van der Waals surface area contributed by atoms with Crippen LogP contribution < -0.4 is 10.2 Å². The number of rotatable bonds is 1. The van der Waals surface area contributed by atoms with Gasteiger partial charge in [0, 0.05) is 31.6 Å². The summed E-state index contributed by atoms with van der Waals surface area (Å²) in [4.78, 5) is 2.33. The molecule has 1 aliphatic heterocycles. The SMILES string of the molecule is CC1(C)CNCCN(c2ccc(C(C)(C)C)nn2)C1. The molecule has 0 atom stereocenters. The van der Waals surface area contributed by atoms with Gasteiger partial charge in [0.1, 0.15) is 0 Å². The minimum absolute atomic E-state index is 0.0607. The zero-order valence-corrected chi connectivity index (χ0v) is 12.8. The monoisotopic (exact) mass is 262 g/mol. The van der Waals surface area contributed by atoms with Crippen LogP contribution in [0.1, 0.15) is 40.3 Å². The number of nitrogens with one attached hydrogen (secondary N) is 1. The zero-order chi connectivity index (χ0) is 14.1. The van der Waals surface area contributed by atoms with Crippen molar-refractivity contribution in [1.82, 2.24) is 15.5 Å². The van der Waals surface area contributed by atoms with Crippen LogP contribution in [0.15, 0.2) is 12.1 Å². The second-order valence-electron chi connectivity index (χ2n) is 7.29. The van der Waals surface area contributed by atoms with Gasteiger partial charge in [0.2, 0.25) is 0 Å². The molecule has 1 fully saturated rings. The highest BCUT2D eigenvalue weighted by molar-refractivity contribution is 5.38. The summed E-state index contributed by atoms with van der Waals surface area (Å²) in [7, 11) is 0. The van der Waals surface area contributed by atoms with Gasteiger partial charge in [-0.2, -0.15) is 5.10 Å². The van der Waals surface area contributed by atoms with Crippen molar-refractivity contribution in [3.63, 3.8) is 0 Å². The lowest BCUT2D eigenvalue weighted by Crippen LogP contribution is -2.35. The normalized spacial score (nSPS) is 20.2. The molecule has 1 aromatic rings. The number of hydrogen-bond acceptors (Lipinski definition) is 4. The van der Waals surface area contributed by atoms with Crippen molar-refractivity contribution in [2.45, 2.75) is 40.0 Å². The van der Waals surface area contributed by atoms with Crippen molar-refractivity contribution in [2.75, 3.05) is 31.1 Å². The minimum atomic E-state index is 0.0607. The first-order valence-electron chi connectivity index (χ1n) is 7.08. The van der Waals surface area contributed by atoms with Crippen LogP contribution in [0.3, 0.4) is 0 Å². The summed E-state index contributed by atoms with van der Waals surface area (Å²) in [5.74, 6) is 0.991. The van der Waals surface area contributed by atoms with Gasteiger partial charge in [-0.15, -0.1) is 5.10 Å². The summed E-state index contributed by atoms with van der Waals surface area (Å²) < 4.78 is 0. The maximum Gasteiger partial charge on any atom is 0.151 e. The van der Waals surface area contributed by atoms with Crippen LogP contribution in [0, 0.1) is 5.41 Å². The van der Waals surface area contributed by atoms with E-state index in [4.69, 9.17) is 0 Å². The molecule has 106 valence electrons. The number of aromatic nitrogens is 2. The van der Waals surface area contributed by atoms with E-state index in [1.807, 2.05) is 0 Å². The third kappa shape index (κ3) is 3.66. The van der Waals surface area contributed by atoms with Crippen LogP contribution in [0.4, 0.5) is 5.82 Å². The molecular formula is C15H26N4. The van der Waals surface area contributed by atoms with E-state index in [0.29, 0.717) is 0 Å². The van der Waals surface area contributed by atoms with Crippen LogP contribution in [0.5, 0.6) is 0 Å². The molecule has 0 unspecified atom stereocenters. The molecule has 0 radical (unpaired) electrons. The van der Waals surface area contributed by atoms with Crippen molar-refractivity contribution < 1.29 is 0 Å². The lowest BCUT2D eigenvalue weighted by atomic mass is 9.92. The molecule has 4 nitrogen and oxygen atoms in total. The molecule has 2 heterocycles. The van der Waals surface area contributed by atoms with Crippen molar-refractivity contribution >= 4 is 5.82 Å². The predicted molar refractivity (Wildman–Crippen MR) is 79.6 cm³/mol. The van der Waals surface area contributed by atoms with Crippen LogP contribution in [-0.4, -0.2) is 36.4 Å². The Morgan fingerprint density at radius 1 is 1.21 bits per heavy atom. The highest BCUT2D eigenvalue weighted by atomic mass is 15.3. The second-order valence-corrected chi connectivity index (χ2v) is 7.29. The maximum absolute atomic E-state index is 4.42. The van der Waals surface area contributed by atoms with Crippen molar-refractivity contribution in [3.8, 4) is 0 Å². The first-order valence-corrected chi connectivity index (χ1v) is 7.08. The van der Waals surface area contributed by atoms with Gasteiger partial charge < -0.3 is 10.2 Å². The summed E-state index contributed by atoms with van der Waals surface area (Å²) in [5.41, 5.74) is 1.37. The Hall–Kier alpha value is -1.16. The van der Waals surface area contributed by atoms with Crippen molar-refractivity contribution in [2.24, 2.45) is 5.41 Å². The fourth-order valence-electron chi connectivity index (χ4n) is 2.38. The molecule has 0 amide bonds. The van der Waals surface area contributed by atoms with Crippen molar-refractivity contribution in [1.29, 1.82) is 0 Å². The Labute approximate surface area is 116 Å². The molecule has 2 rings (SSSR count). The van der Waals surface area contributed by atoms with Gasteiger partial charge in [-0.25, -0.2) is 0 Å². The number of nitrogens with zero attached hydrogens (tertiary/aromatic N) is 3. The average Bonchev–Trinajstić information content (AvgIpc) is 2.49. The quantitative estimate of drug-likeness (QED) is 0.842. The van der Waals surface area contributed by atoms with Crippen LogP contribution in [-0.2, 0) is 5.41 Å². The summed E-state index contributed by atoms with van der Waals surface area (Å²) in [6, 6.07) is 4.21. The molecule has 19 heavy (non-hydrogen) atoms. The molecule has 1 N–H and O–H groups in total. The van der Waals surface area contributed by atoms with E-state index in [1.165, 1.54) is 0 Å². The zero-order valence-electron chi connectivity index (χ0n) is 12.8. The third-order valence-electron chi connectivity index (χ3n) is 3.52. The molecule has 4 heteroatoms. The maximum atomic E-state index is 4.42. The number of hydrogen-bond donors (Lipinski definition) is 1. The van der Waals surface area contributed by atoms with E-state index in [0.717, 1.165) is 37.7 Å². The van der Waals surface area contributed by atoms with E-state index in [1.54, 1.807) is 0 Å². The van der Waals surface area contributed by atoms with E-state index >= 15 is 0 Å². The number of anilines is 1. The Bertz CT molecular complexity index is 417. The summed E-state index contributed by atoms with van der Waals surface area (Å²) in [5, 5.41) is 12.3. The summed E-state index contributed by atoms with van der Waals surface area (Å²) in [6.45, 7) is 15.1. The standard InChI is InChI=1S/C15H26N4/c1-14(2,3)12-6-7-13(18-17-12)19-9-8-16-10-15(4,5)11-19/h6-7,16H,8-11H2,1-5H3. The molecular weight excluding hydrogens is 236 g/mol. The summed E-state index contributed by atoms with van der Waals surface area (Å²) in [6.07, 6.45) is 0. The Morgan fingerprint density at radius 2 is 1.95 bits per heavy atom. The molecule has 0 bridgehead atoms.